The van der Waals surface area contributed by atoms with Gasteiger partial charge in [0.2, 0.25) is 5.12 Å². The highest BCUT2D eigenvalue weighted by molar-refractivity contribution is 7.98. The average Bonchev–Trinajstić information content (AvgIpc) is 2.05. The van der Waals surface area contributed by atoms with Crippen LogP contribution >= 0.6 is 12.6 Å². The Hall–Kier alpha value is -1.09. The van der Waals surface area contributed by atoms with Gasteiger partial charge in [-0.1, -0.05) is 12.6 Å². The Bertz CT molecular complexity index is 281. The van der Waals surface area contributed by atoms with E-state index in [4.69, 9.17) is 0 Å². The van der Waals surface area contributed by atoms with Crippen molar-refractivity contribution in [1.82, 2.24) is 4.98 Å². The van der Waals surface area contributed by atoms with Crippen LogP contribution in [0.25, 0.3) is 5.57 Å². The third-order valence-electron chi connectivity index (χ3n) is 1.23. The topological polar surface area (TPSA) is 30.0 Å². The summed E-state index contributed by atoms with van der Waals surface area (Å²) >= 11 is 3.63. The molecule has 1 heterocycles. The van der Waals surface area contributed by atoms with Gasteiger partial charge in [0.25, 0.3) is 0 Å². The molecule has 0 spiro atoms. The maximum Gasteiger partial charge on any atom is 0.217 e. The van der Waals surface area contributed by atoms with Gasteiger partial charge in [-0.25, -0.2) is 0 Å². The molecule has 1 aromatic rings. The van der Waals surface area contributed by atoms with Crippen LogP contribution in [0.3, 0.4) is 0 Å². The van der Waals surface area contributed by atoms with Crippen LogP contribution in [0.5, 0.6) is 0 Å². The van der Waals surface area contributed by atoms with E-state index in [0.29, 0.717) is 11.3 Å². The first-order chi connectivity index (χ1) is 5.22. The number of pyridine rings is 1. The van der Waals surface area contributed by atoms with Crippen molar-refractivity contribution in [2.45, 2.75) is 0 Å². The lowest BCUT2D eigenvalue weighted by molar-refractivity contribution is -0.106. The van der Waals surface area contributed by atoms with Gasteiger partial charge < -0.3 is 0 Å². The first-order valence-corrected chi connectivity index (χ1v) is 3.50. The highest BCUT2D eigenvalue weighted by atomic mass is 32.1. The molecule has 0 bridgehead atoms. The van der Waals surface area contributed by atoms with Gasteiger partial charge in [0.1, 0.15) is 0 Å². The zero-order valence-electron chi connectivity index (χ0n) is 5.82. The van der Waals surface area contributed by atoms with E-state index in [1.807, 2.05) is 0 Å². The number of rotatable bonds is 2. The average molecular weight is 165 g/mol. The Morgan fingerprint density at radius 1 is 1.55 bits per heavy atom. The van der Waals surface area contributed by atoms with Crippen molar-refractivity contribution in [2.24, 2.45) is 0 Å². The SMILES string of the molecule is C=C(C(=O)S)c1ccccn1. The lowest BCUT2D eigenvalue weighted by atomic mass is 10.2. The molecule has 11 heavy (non-hydrogen) atoms. The molecule has 0 unspecified atom stereocenters. The van der Waals surface area contributed by atoms with Gasteiger partial charge in [-0.2, -0.15) is 0 Å². The van der Waals surface area contributed by atoms with Crippen molar-refractivity contribution in [3.8, 4) is 0 Å². The third-order valence-corrected chi connectivity index (χ3v) is 1.50. The van der Waals surface area contributed by atoms with Crippen molar-refractivity contribution < 1.29 is 4.79 Å². The fourth-order valence-electron chi connectivity index (χ4n) is 0.651. The summed E-state index contributed by atoms with van der Waals surface area (Å²) in [6.07, 6.45) is 1.61. The normalized spacial score (nSPS) is 9.18. The summed E-state index contributed by atoms with van der Waals surface area (Å²) in [6, 6.07) is 5.29. The van der Waals surface area contributed by atoms with Crippen molar-refractivity contribution in [3.05, 3.63) is 36.7 Å². The molecule has 0 aliphatic heterocycles. The van der Waals surface area contributed by atoms with E-state index in [1.54, 1.807) is 24.4 Å². The minimum absolute atomic E-state index is 0.328. The van der Waals surface area contributed by atoms with E-state index in [0.717, 1.165) is 0 Å². The molecule has 0 radical (unpaired) electrons. The minimum Gasteiger partial charge on any atom is -0.282 e. The molecule has 0 N–H and O–H groups in total. The number of aromatic nitrogens is 1. The quantitative estimate of drug-likeness (QED) is 0.532. The fourth-order valence-corrected chi connectivity index (χ4v) is 0.765. The molecule has 0 saturated carbocycles. The Morgan fingerprint density at radius 3 is 2.73 bits per heavy atom. The van der Waals surface area contributed by atoms with Crippen LogP contribution in [0.1, 0.15) is 5.69 Å². The van der Waals surface area contributed by atoms with E-state index in [1.165, 1.54) is 0 Å². The van der Waals surface area contributed by atoms with Crippen LogP contribution in [0.2, 0.25) is 0 Å². The molecule has 0 aromatic carbocycles. The third kappa shape index (κ3) is 1.91. The zero-order chi connectivity index (χ0) is 8.27. The highest BCUT2D eigenvalue weighted by Gasteiger charge is 2.03. The maximum absolute atomic E-state index is 10.7. The standard InChI is InChI=1S/C8H7NOS/c1-6(8(10)11)7-4-2-3-5-9-7/h2-5H,1H2,(H,10,11). The Morgan fingerprint density at radius 2 is 2.27 bits per heavy atom. The number of carbonyl (C=O) groups excluding carboxylic acids is 1. The van der Waals surface area contributed by atoms with Gasteiger partial charge in [-0.05, 0) is 12.1 Å². The molecule has 0 fully saturated rings. The monoisotopic (exact) mass is 165 g/mol. The number of thiol groups is 1. The molecule has 2 nitrogen and oxygen atoms in total. The van der Waals surface area contributed by atoms with Gasteiger partial charge in [-0.15, -0.1) is 12.6 Å². The smallest absolute Gasteiger partial charge is 0.217 e. The molecular weight excluding hydrogens is 158 g/mol. The molecule has 3 heteroatoms. The van der Waals surface area contributed by atoms with E-state index in [2.05, 4.69) is 24.2 Å². The first-order valence-electron chi connectivity index (χ1n) is 3.05. The summed E-state index contributed by atoms with van der Waals surface area (Å²) < 4.78 is 0. The molecule has 0 aliphatic carbocycles. The number of carbonyl (C=O) groups is 1. The van der Waals surface area contributed by atoms with Gasteiger partial charge >= 0.3 is 0 Å². The Balaban J connectivity index is 2.95. The summed E-state index contributed by atoms with van der Waals surface area (Å²) in [6.45, 7) is 3.54. The van der Waals surface area contributed by atoms with Crippen LogP contribution in [0, 0.1) is 0 Å². The lowest BCUT2D eigenvalue weighted by Gasteiger charge is -1.96. The van der Waals surface area contributed by atoms with Crippen molar-refractivity contribution >= 4 is 23.3 Å². The number of nitrogens with zero attached hydrogens (tertiary/aromatic N) is 1. The lowest BCUT2D eigenvalue weighted by Crippen LogP contribution is -1.93. The molecule has 0 saturated heterocycles. The van der Waals surface area contributed by atoms with E-state index in [9.17, 15) is 4.79 Å². The first kappa shape index (κ1) is 8.01. The predicted molar refractivity (Wildman–Crippen MR) is 47.3 cm³/mol. The summed E-state index contributed by atoms with van der Waals surface area (Å²) in [5, 5.41) is -0.344. The van der Waals surface area contributed by atoms with Gasteiger partial charge in [0.15, 0.2) is 0 Å². The second kappa shape index (κ2) is 3.34. The number of hydrogen-bond acceptors (Lipinski definition) is 2. The highest BCUT2D eigenvalue weighted by Crippen LogP contribution is 2.10. The summed E-state index contributed by atoms with van der Waals surface area (Å²) in [5.41, 5.74) is 0.904. The van der Waals surface area contributed by atoms with Gasteiger partial charge in [0.05, 0.1) is 5.69 Å². The molecule has 1 aromatic heterocycles. The van der Waals surface area contributed by atoms with Crippen LogP contribution in [-0.2, 0) is 4.79 Å². The molecule has 0 aliphatic rings. The van der Waals surface area contributed by atoms with Gasteiger partial charge in [0, 0.05) is 11.8 Å². The summed E-state index contributed by atoms with van der Waals surface area (Å²) in [7, 11) is 0. The summed E-state index contributed by atoms with van der Waals surface area (Å²) in [5.74, 6) is 0. The van der Waals surface area contributed by atoms with Crippen LogP contribution in [-0.4, -0.2) is 10.1 Å². The maximum atomic E-state index is 10.7. The summed E-state index contributed by atoms with van der Waals surface area (Å²) in [4.78, 5) is 14.6. The number of hydrogen-bond donors (Lipinski definition) is 1. The van der Waals surface area contributed by atoms with Crippen LogP contribution in [0.4, 0.5) is 0 Å². The van der Waals surface area contributed by atoms with E-state index >= 15 is 0 Å². The Labute approximate surface area is 70.4 Å². The largest absolute Gasteiger partial charge is 0.282 e. The van der Waals surface area contributed by atoms with E-state index < -0.39 is 0 Å². The van der Waals surface area contributed by atoms with Crippen LogP contribution < -0.4 is 0 Å². The second-order valence-electron chi connectivity index (χ2n) is 2.00. The molecule has 1 rings (SSSR count). The van der Waals surface area contributed by atoms with Crippen LogP contribution in [0.15, 0.2) is 31.0 Å². The molecular formula is C8H7NOS. The fraction of sp³-hybridized carbons (Fsp3) is 0. The minimum atomic E-state index is -0.344. The van der Waals surface area contributed by atoms with Crippen molar-refractivity contribution in [1.29, 1.82) is 0 Å². The second-order valence-corrected chi connectivity index (χ2v) is 2.40. The molecule has 56 valence electrons. The van der Waals surface area contributed by atoms with Gasteiger partial charge in [-0.3, -0.25) is 9.78 Å². The Kier molecular flexibility index (Phi) is 2.44. The van der Waals surface area contributed by atoms with Crippen molar-refractivity contribution in [2.75, 3.05) is 0 Å². The van der Waals surface area contributed by atoms with E-state index in [-0.39, 0.29) is 5.12 Å². The molecule has 0 amide bonds. The molecule has 0 atom stereocenters. The predicted octanol–water partition coefficient (Wildman–Crippen LogP) is 1.55. The zero-order valence-corrected chi connectivity index (χ0v) is 6.71. The van der Waals surface area contributed by atoms with Crippen molar-refractivity contribution in [3.63, 3.8) is 0 Å².